The van der Waals surface area contributed by atoms with Crippen molar-refractivity contribution in [3.8, 4) is 5.75 Å². The molecule has 1 aromatic rings. The number of halogens is 1. The van der Waals surface area contributed by atoms with E-state index in [0.717, 1.165) is 36.5 Å². The number of hydrogen-bond acceptors (Lipinski definition) is 3. The van der Waals surface area contributed by atoms with Crippen LogP contribution in [0.1, 0.15) is 27.7 Å². The van der Waals surface area contributed by atoms with Crippen LogP contribution in [0.5, 0.6) is 5.75 Å². The number of piperazine rings is 1. The van der Waals surface area contributed by atoms with E-state index in [0.29, 0.717) is 12.0 Å². The number of nitrogens with one attached hydrogen (secondary N) is 1. The molecule has 0 bridgehead atoms. The molecule has 1 aromatic carbocycles. The Kier molecular flexibility index (Phi) is 5.69. The minimum absolute atomic E-state index is 0.184. The molecule has 1 N–H and O–H groups in total. The van der Waals surface area contributed by atoms with Gasteiger partial charge in [0.15, 0.2) is 0 Å². The first-order valence-electron chi connectivity index (χ1n) is 7.75. The van der Waals surface area contributed by atoms with Crippen LogP contribution in [0.3, 0.4) is 0 Å². The number of rotatable bonds is 5. The summed E-state index contributed by atoms with van der Waals surface area (Å²) in [5.41, 5.74) is 0.184. The molecule has 1 heterocycles. The topological polar surface area (TPSA) is 24.5 Å². The summed E-state index contributed by atoms with van der Waals surface area (Å²) < 4.78 is 6.96. The van der Waals surface area contributed by atoms with E-state index in [1.165, 1.54) is 0 Å². The molecule has 0 aliphatic carbocycles. The number of benzene rings is 1. The van der Waals surface area contributed by atoms with Gasteiger partial charge >= 0.3 is 0 Å². The van der Waals surface area contributed by atoms with Crippen molar-refractivity contribution in [1.29, 1.82) is 0 Å². The van der Waals surface area contributed by atoms with E-state index in [9.17, 15) is 0 Å². The normalized spacial score (nSPS) is 22.5. The zero-order valence-electron chi connectivity index (χ0n) is 13.5. The fraction of sp³-hybridized carbons (Fsp3) is 0.647. The maximum absolute atomic E-state index is 5.88. The second-order valence-electron chi connectivity index (χ2n) is 6.85. The molecule has 2 rings (SSSR count). The molecule has 1 aliphatic heterocycles. The lowest BCUT2D eigenvalue weighted by molar-refractivity contribution is 0.0573. The van der Waals surface area contributed by atoms with Gasteiger partial charge in [-0.1, -0.05) is 29.8 Å². The fourth-order valence-corrected chi connectivity index (χ4v) is 3.17. The molecule has 0 aromatic heterocycles. The number of hydrogen-bond donors (Lipinski definition) is 1. The summed E-state index contributed by atoms with van der Waals surface area (Å²) in [6, 6.07) is 8.63. The van der Waals surface area contributed by atoms with Crippen LogP contribution < -0.4 is 10.1 Å². The predicted molar refractivity (Wildman–Crippen MR) is 91.9 cm³/mol. The van der Waals surface area contributed by atoms with Crippen molar-refractivity contribution in [2.45, 2.75) is 39.3 Å². The maximum Gasteiger partial charge on any atom is 0.119 e. The van der Waals surface area contributed by atoms with Crippen LogP contribution in [0.15, 0.2) is 28.7 Å². The summed E-state index contributed by atoms with van der Waals surface area (Å²) in [6.45, 7) is 13.0. The van der Waals surface area contributed by atoms with Crippen molar-refractivity contribution < 1.29 is 4.74 Å². The Morgan fingerprint density at radius 1 is 1.33 bits per heavy atom. The molecule has 1 saturated heterocycles. The Balaban J connectivity index is 1.88. The first-order chi connectivity index (χ1) is 9.87. The summed E-state index contributed by atoms with van der Waals surface area (Å²) in [5.74, 6) is 1.59. The van der Waals surface area contributed by atoms with Crippen LogP contribution in [-0.2, 0) is 0 Å². The third-order valence-corrected chi connectivity index (χ3v) is 4.62. The fourth-order valence-electron chi connectivity index (χ4n) is 2.90. The monoisotopic (exact) mass is 354 g/mol. The van der Waals surface area contributed by atoms with E-state index >= 15 is 0 Å². The molecule has 0 saturated carbocycles. The van der Waals surface area contributed by atoms with Crippen LogP contribution in [0.25, 0.3) is 0 Å². The molecule has 4 heteroatoms. The highest BCUT2D eigenvalue weighted by Gasteiger charge is 2.33. The summed E-state index contributed by atoms with van der Waals surface area (Å²) in [4.78, 5) is 2.57. The van der Waals surface area contributed by atoms with Gasteiger partial charge in [-0.05, 0) is 44.0 Å². The largest absolute Gasteiger partial charge is 0.492 e. The van der Waals surface area contributed by atoms with Gasteiger partial charge in [0.2, 0.25) is 0 Å². The van der Waals surface area contributed by atoms with Crippen LogP contribution in [0, 0.1) is 5.92 Å². The van der Waals surface area contributed by atoms with Crippen LogP contribution >= 0.6 is 15.9 Å². The van der Waals surface area contributed by atoms with Gasteiger partial charge in [0, 0.05) is 35.7 Å². The first-order valence-corrected chi connectivity index (χ1v) is 8.54. The maximum atomic E-state index is 5.88. The number of ether oxygens (including phenoxy) is 1. The molecule has 3 nitrogen and oxygen atoms in total. The zero-order valence-corrected chi connectivity index (χ0v) is 15.1. The Morgan fingerprint density at radius 2 is 2.00 bits per heavy atom. The van der Waals surface area contributed by atoms with Crippen molar-refractivity contribution in [2.75, 3.05) is 26.2 Å². The van der Waals surface area contributed by atoms with Gasteiger partial charge in [-0.25, -0.2) is 0 Å². The minimum atomic E-state index is 0.184. The van der Waals surface area contributed by atoms with Crippen molar-refractivity contribution >= 4 is 15.9 Å². The van der Waals surface area contributed by atoms with Crippen molar-refractivity contribution in [3.63, 3.8) is 0 Å². The van der Waals surface area contributed by atoms with Crippen LogP contribution in [0.2, 0.25) is 0 Å². The van der Waals surface area contributed by atoms with E-state index in [4.69, 9.17) is 4.74 Å². The second kappa shape index (κ2) is 7.12. The Bertz CT molecular complexity index is 445. The first kappa shape index (κ1) is 16.8. The summed E-state index contributed by atoms with van der Waals surface area (Å²) in [7, 11) is 0. The standard InChI is InChI=1S/C17H27BrN2O/c1-13(2)16-11-19-17(3,4)12-20(16)9-10-21-15-7-5-14(18)6-8-15/h5-8,13,16,19H,9-12H2,1-4H3. The highest BCUT2D eigenvalue weighted by Crippen LogP contribution is 2.20. The molecule has 1 aliphatic rings. The lowest BCUT2D eigenvalue weighted by atomic mass is 9.93. The van der Waals surface area contributed by atoms with Gasteiger partial charge in [0.25, 0.3) is 0 Å². The molecule has 1 unspecified atom stereocenters. The average molecular weight is 355 g/mol. The quantitative estimate of drug-likeness (QED) is 0.875. The van der Waals surface area contributed by atoms with E-state index in [1.54, 1.807) is 0 Å². The lowest BCUT2D eigenvalue weighted by Gasteiger charge is -2.46. The Labute approximate surface area is 137 Å². The summed E-state index contributed by atoms with van der Waals surface area (Å²) in [5, 5.41) is 3.65. The molecule has 0 spiro atoms. The van der Waals surface area contributed by atoms with Crippen molar-refractivity contribution in [2.24, 2.45) is 5.92 Å². The molecule has 1 fully saturated rings. The molecular formula is C17H27BrN2O. The molecule has 1 atom stereocenters. The molecular weight excluding hydrogens is 328 g/mol. The molecule has 0 radical (unpaired) electrons. The van der Waals surface area contributed by atoms with E-state index in [2.05, 4.69) is 53.8 Å². The van der Waals surface area contributed by atoms with Crippen molar-refractivity contribution in [3.05, 3.63) is 28.7 Å². The van der Waals surface area contributed by atoms with Gasteiger partial charge in [0.05, 0.1) is 0 Å². The zero-order chi connectivity index (χ0) is 15.5. The van der Waals surface area contributed by atoms with Gasteiger partial charge in [-0.2, -0.15) is 0 Å². The Hall–Kier alpha value is -0.580. The molecule has 118 valence electrons. The van der Waals surface area contributed by atoms with Gasteiger partial charge in [-0.15, -0.1) is 0 Å². The summed E-state index contributed by atoms with van der Waals surface area (Å²) in [6.07, 6.45) is 0. The predicted octanol–water partition coefficient (Wildman–Crippen LogP) is 3.54. The molecule has 0 amide bonds. The van der Waals surface area contributed by atoms with Gasteiger partial charge < -0.3 is 10.1 Å². The van der Waals surface area contributed by atoms with Crippen molar-refractivity contribution in [1.82, 2.24) is 10.2 Å². The summed E-state index contributed by atoms with van der Waals surface area (Å²) >= 11 is 3.44. The van der Waals surface area contributed by atoms with E-state index in [-0.39, 0.29) is 5.54 Å². The third kappa shape index (κ3) is 4.97. The SMILES string of the molecule is CC(C)C1CNC(C)(C)CN1CCOc1ccc(Br)cc1. The highest BCUT2D eigenvalue weighted by molar-refractivity contribution is 9.10. The third-order valence-electron chi connectivity index (χ3n) is 4.09. The number of nitrogens with zero attached hydrogens (tertiary/aromatic N) is 1. The van der Waals surface area contributed by atoms with E-state index in [1.807, 2.05) is 24.3 Å². The average Bonchev–Trinajstić information content (AvgIpc) is 2.40. The van der Waals surface area contributed by atoms with Gasteiger partial charge in [-0.3, -0.25) is 4.90 Å². The second-order valence-corrected chi connectivity index (χ2v) is 7.76. The smallest absolute Gasteiger partial charge is 0.119 e. The van der Waals surface area contributed by atoms with Gasteiger partial charge in [0.1, 0.15) is 12.4 Å². The lowest BCUT2D eigenvalue weighted by Crippen LogP contribution is -2.63. The minimum Gasteiger partial charge on any atom is -0.492 e. The Morgan fingerprint density at radius 3 is 2.62 bits per heavy atom. The van der Waals surface area contributed by atoms with Crippen LogP contribution in [-0.4, -0.2) is 42.7 Å². The van der Waals surface area contributed by atoms with Crippen LogP contribution in [0.4, 0.5) is 0 Å². The molecule has 21 heavy (non-hydrogen) atoms. The highest BCUT2D eigenvalue weighted by atomic mass is 79.9. The van der Waals surface area contributed by atoms with E-state index < -0.39 is 0 Å².